The first-order chi connectivity index (χ1) is 67.4. The van der Waals surface area contributed by atoms with Gasteiger partial charge in [-0.3, -0.25) is 0 Å². The van der Waals surface area contributed by atoms with Crippen LogP contribution in [0.4, 0.5) is 5.82 Å². The van der Waals surface area contributed by atoms with Crippen molar-refractivity contribution < 1.29 is 17.7 Å². The van der Waals surface area contributed by atoms with Gasteiger partial charge in [-0.05, 0) is 408 Å². The number of nitrogens with one attached hydrogen (secondary N) is 1. The molecule has 1 aliphatic heterocycles. The van der Waals surface area contributed by atoms with E-state index in [1.165, 1.54) is 5.56 Å². The fraction of sp³-hybridized carbons (Fsp3) is 0.296. The average molecular weight is 4010 g/mol. The van der Waals surface area contributed by atoms with Gasteiger partial charge in [0.1, 0.15) is 5.69 Å². The Morgan fingerprint density at radius 3 is 0.774 bits per heavy atom. The molecule has 1 fully saturated rings. The van der Waals surface area contributed by atoms with Gasteiger partial charge in [0.15, 0.2) is 27.1 Å². The van der Waals surface area contributed by atoms with Crippen molar-refractivity contribution in [3.63, 3.8) is 0 Å². The first-order valence-electron chi connectivity index (χ1n) is 37.0. The van der Waals surface area contributed by atoms with Crippen LogP contribution in [0.5, 0.6) is 0 Å². The molecular formula is C27H140N5O4P109S. The summed E-state index contributed by atoms with van der Waals surface area (Å²) in [6.45, 7) is -20.4. The number of hydrogen-bond donors (Lipinski definition) is 2. The van der Waals surface area contributed by atoms with Gasteiger partial charge in [-0.25, -0.2) is 18.4 Å². The molecule has 9 nitrogen and oxygen atoms in total. The van der Waals surface area contributed by atoms with Crippen molar-refractivity contribution in [3.05, 3.63) is 66.4 Å². The highest BCUT2D eigenvalue weighted by Gasteiger charge is 2.69. The number of sulfone groups is 1. The Balaban J connectivity index is 0.000000982. The summed E-state index contributed by atoms with van der Waals surface area (Å²) in [6, 6.07) is 16.9. The molecule has 3 heterocycles. The third kappa shape index (κ3) is 59.2. The maximum atomic E-state index is 12.4. The van der Waals surface area contributed by atoms with E-state index in [0.717, 1.165) is 39.7 Å². The molecular weight excluding hydrogens is 3870 g/mol. The molecule has 5 rings (SSSR count). The standard InChI is InChI=1S/C27H29N5O4S.H111P109/c1-17(2)37(33,34)22-9-7-20(8-10-22)24-15-30-27(28)26(31-24)25-13-23(32-36-25)19-5-3-18(4-6-19)14-29-21-11-12-35-16-21;1-56-84(57(2)3)98(85(58(4)5)59(6)7)105(99(86(60(8)9)61(10)11)87(62(12)13)63(14)15)108(104(96(80(48)49)81(50)51)97(82(52)53)83(54)55)109(106(100(88(64(16)17)65(18)19)89(66(20)21)67(22)23)101(90(68(24)25)69(26)27)91(70(28)29)71(30)31)107(102(92(72(32)33)73(34)35)93(74(36)37)75(38)39)103(94(76(40)41)77(42)43)95(78(44)45)79(46)47/h3-10,13,15,17,21,29H,11-12,14,16H2,1-2H3,(H2,28,30);56H,1-55H2/t21-;/m1./s1. The number of hydrogen-bond acceptors (Lipinski definition) is 9. The van der Waals surface area contributed by atoms with Crippen LogP contribution in [0, 0.1) is 0 Å². The second-order valence-electron chi connectivity index (χ2n) is 26.7. The van der Waals surface area contributed by atoms with Gasteiger partial charge in [0.2, 0.25) is 0 Å². The highest BCUT2D eigenvalue weighted by Crippen LogP contribution is 3.56. The number of benzene rings is 2. The Labute approximate surface area is 1070 Å². The van der Waals surface area contributed by atoms with Crippen LogP contribution in [0.1, 0.15) is 25.8 Å². The Kier molecular flexibility index (Phi) is 119. The lowest BCUT2D eigenvalue weighted by Crippen LogP contribution is -2.28. The zero-order chi connectivity index (χ0) is 112. The van der Waals surface area contributed by atoms with Gasteiger partial charge in [-0.1, -0.05) is 49.5 Å². The molecule has 3 N–H and O–H groups in total. The number of ether oxygens (including phenoxy) is 1. The molecule has 1 saturated heterocycles. The van der Waals surface area contributed by atoms with E-state index in [9.17, 15) is 8.42 Å². The van der Waals surface area contributed by atoms with Crippen LogP contribution in [-0.2, 0) is 21.1 Å². The molecule has 1 aliphatic rings. The topological polar surface area (TPSA) is 133 Å². The zero-order valence-electron chi connectivity index (χ0n) is 76.7. The fourth-order valence-electron chi connectivity index (χ4n) is 10.8. The first-order valence-corrected chi connectivity index (χ1v) is 237. The summed E-state index contributed by atoms with van der Waals surface area (Å²) in [7, 11) is 209. The molecule has 119 heteroatoms. The van der Waals surface area contributed by atoms with Crippen molar-refractivity contribution >= 4 is 885 Å². The Hall–Kier alpha value is 43.3. The summed E-state index contributed by atoms with van der Waals surface area (Å²) in [5.41, 5.74) is 10.5. The van der Waals surface area contributed by atoms with Crippen LogP contribution < -0.4 is 11.1 Å². The smallest absolute Gasteiger partial charge is 0.189 e. The first kappa shape index (κ1) is 181. The molecule has 0 amide bonds. The van der Waals surface area contributed by atoms with Crippen molar-refractivity contribution in [2.24, 2.45) is 0 Å². The molecule has 0 aliphatic carbocycles. The van der Waals surface area contributed by atoms with E-state index in [0.29, 0.717) is 34.4 Å². The van der Waals surface area contributed by atoms with Crippen LogP contribution in [0.25, 0.3) is 34.0 Å². The summed E-state index contributed by atoms with van der Waals surface area (Å²) in [6.07, 6.45) is 2.59. The largest absolute Gasteiger partial charge is 0.382 e. The van der Waals surface area contributed by atoms with E-state index in [-0.39, 0.29) is 10.7 Å². The molecule has 848 valence electrons. The van der Waals surface area contributed by atoms with Crippen LogP contribution >= 0.6 is 869 Å². The molecule has 4 aromatic rings. The summed E-state index contributed by atoms with van der Waals surface area (Å²) < 4.78 is 35.8. The summed E-state index contributed by atoms with van der Waals surface area (Å²) >= 11 is 0. The SMILES string of the molecule is CC(C)S(=O)(=O)c1ccc(-c2cnc(N)c(-c3cc(-c4ccc(CN[C@@H]5CCOC5)cc4)no3)n2)cc1.PPP(P(P)P)P(P(P(P)P)P(P)P)P(P(P(P(P)P)P(P)P)P(P(P)P)P(P)P)P(P(P(P(P)P)P(P)P)P(P(P)P)P(P)P)P(P(P(P(P(P)P)P(P)P)P(P(P)P)P(P)P)P(P(P(P)P)P(P)P)P(P(P)P)P(P)P)P(P(P(P(P)P)P(P)P)P(P(P)P)P(P)P)P(P(P(P)P)P(P)P)P(P(P)P)P(P)P. The van der Waals surface area contributed by atoms with E-state index in [1.807, 2.05) is 12.1 Å². The maximum absolute atomic E-state index is 12.4. The predicted octanol–water partition coefficient (Wildman–Crippen LogP) is 68.3. The van der Waals surface area contributed by atoms with Crippen LogP contribution in [0.15, 0.2) is 70.2 Å². The predicted molar refractivity (Wildman–Crippen MR) is 1050 cm³/mol. The van der Waals surface area contributed by atoms with E-state index in [1.54, 1.807) is 50.4 Å². The van der Waals surface area contributed by atoms with Gasteiger partial charge in [-0.2, -0.15) is 0 Å². The van der Waals surface area contributed by atoms with Crippen LogP contribution in [-0.4, -0.2) is 48.0 Å². The lowest BCUT2D eigenvalue weighted by atomic mass is 10.1. The minimum Gasteiger partial charge on any atom is -0.382 e. The number of anilines is 1. The monoisotopic (exact) mass is 4010 g/mol. The lowest BCUT2D eigenvalue weighted by Gasteiger charge is -2.65. The average Bonchev–Trinajstić information content (AvgIpc) is 0.879. The van der Waals surface area contributed by atoms with Crippen molar-refractivity contribution in [3.8, 4) is 34.0 Å². The molecule has 146 heavy (non-hydrogen) atoms. The minimum absolute atomic E-state index is 0.211. The fourth-order valence-corrected chi connectivity index (χ4v) is 1640. The van der Waals surface area contributed by atoms with Crippen molar-refractivity contribution in [2.75, 3.05) is 18.9 Å². The molecule has 60 unspecified atom stereocenters. The minimum atomic E-state index is -3.36. The lowest BCUT2D eigenvalue weighted by molar-refractivity contribution is 0.190. The number of nitrogen functional groups attached to an aromatic ring is 1. The number of aromatic nitrogens is 3. The molecule has 0 spiro atoms. The maximum Gasteiger partial charge on any atom is 0.189 e. The quantitative estimate of drug-likeness (QED) is 0.0415. The van der Waals surface area contributed by atoms with Gasteiger partial charge in [0, 0.05) is 36.4 Å². The highest BCUT2D eigenvalue weighted by molar-refractivity contribution is 9.62. The number of nitrogens with zero attached hydrogens (tertiary/aromatic N) is 3. The number of nitrogens with two attached hydrogens (primary N) is 1. The van der Waals surface area contributed by atoms with Crippen molar-refractivity contribution in [1.82, 2.24) is 20.4 Å². The molecule has 2 aromatic heterocycles. The molecule has 0 saturated carbocycles. The van der Waals surface area contributed by atoms with E-state index >= 15 is 0 Å². The highest BCUT2D eigenvalue weighted by atomic mass is 33.7. The third-order valence-corrected chi connectivity index (χ3v) is 795. The number of rotatable bonds is 61. The molecule has 0 radical (unpaired) electrons. The molecule has 0 bridgehead atoms. The van der Waals surface area contributed by atoms with E-state index in [2.05, 4.69) is 524 Å². The summed E-state index contributed by atoms with van der Waals surface area (Å²) in [4.78, 5) is 9.17. The Morgan fingerprint density at radius 2 is 0.555 bits per heavy atom. The second-order valence-corrected chi connectivity index (χ2v) is 481. The van der Waals surface area contributed by atoms with Crippen molar-refractivity contribution in [1.29, 1.82) is 0 Å². The second kappa shape index (κ2) is 96.0. The van der Waals surface area contributed by atoms with Gasteiger partial charge in [-0.15, -0.1) is 491 Å². The van der Waals surface area contributed by atoms with E-state index in [4.69, 9.17) is 15.0 Å². The zero-order valence-corrected chi connectivity index (χ0v) is 189. The molecule has 2 aromatic carbocycles. The van der Waals surface area contributed by atoms with Crippen LogP contribution in [0.2, 0.25) is 0 Å². The van der Waals surface area contributed by atoms with E-state index < -0.39 is 385 Å². The Bertz CT molecular complexity index is 4020. The Morgan fingerprint density at radius 1 is 0.329 bits per heavy atom. The normalized spacial score (nSPS) is 15.9. The van der Waals surface area contributed by atoms with Gasteiger partial charge in [0.05, 0.1) is 28.6 Å². The summed E-state index contributed by atoms with van der Waals surface area (Å²) in [5, 5.41) is 7.21. The third-order valence-electron chi connectivity index (χ3n) is 16.1. The van der Waals surface area contributed by atoms with Gasteiger partial charge < -0.3 is 20.3 Å². The van der Waals surface area contributed by atoms with Gasteiger partial charge >= 0.3 is 0 Å². The molecule has 61 atom stereocenters. The van der Waals surface area contributed by atoms with Gasteiger partial charge in [0.25, 0.3) is 0 Å². The van der Waals surface area contributed by atoms with Crippen LogP contribution in [0.3, 0.4) is 0 Å². The summed E-state index contributed by atoms with van der Waals surface area (Å²) in [5.74, 6) is 0.607. The van der Waals surface area contributed by atoms with Crippen molar-refractivity contribution in [2.45, 2.75) is 43.0 Å².